The predicted molar refractivity (Wildman–Crippen MR) is 205 cm³/mol. The average Bonchev–Trinajstić information content (AvgIpc) is 3.24. The summed E-state index contributed by atoms with van der Waals surface area (Å²) in [5.74, 6) is -1.02. The third kappa shape index (κ3) is 9.58. The number of nitrogens with zero attached hydrogens (tertiary/aromatic N) is 1. The number of halogens is 1. The molecule has 6 rings (SSSR count). The van der Waals surface area contributed by atoms with Crippen LogP contribution in [0.5, 0.6) is 5.75 Å². The quantitative estimate of drug-likeness (QED) is 0.181. The third-order valence-corrected chi connectivity index (χ3v) is 9.15. The lowest BCUT2D eigenvalue weighted by Crippen LogP contribution is -2.45. The number of hydrogen-bond donors (Lipinski definition) is 1. The van der Waals surface area contributed by atoms with Crippen LogP contribution in [0.2, 0.25) is 0 Å². The van der Waals surface area contributed by atoms with E-state index in [4.69, 9.17) is 23.9 Å². The maximum atomic E-state index is 14.3. The van der Waals surface area contributed by atoms with Gasteiger partial charge >= 0.3 is 12.1 Å². The van der Waals surface area contributed by atoms with Crippen molar-refractivity contribution in [3.63, 3.8) is 0 Å². The molecule has 1 aromatic heterocycles. The lowest BCUT2D eigenvalue weighted by atomic mass is 9.86. The van der Waals surface area contributed by atoms with E-state index in [9.17, 15) is 14.0 Å². The van der Waals surface area contributed by atoms with Crippen molar-refractivity contribution in [2.24, 2.45) is 0 Å². The Morgan fingerprint density at radius 2 is 1.75 bits per heavy atom. The van der Waals surface area contributed by atoms with Crippen molar-refractivity contribution in [3.8, 4) is 28.1 Å². The number of aryl methyl sites for hydroxylation is 1. The molecule has 1 aliphatic heterocycles. The first-order valence-corrected chi connectivity index (χ1v) is 18.4. The number of para-hydroxylation sites is 1. The summed E-state index contributed by atoms with van der Waals surface area (Å²) < 4.78 is 37.9. The Bertz CT molecular complexity index is 1980. The lowest BCUT2D eigenvalue weighted by Gasteiger charge is -2.40. The van der Waals surface area contributed by atoms with E-state index in [1.54, 1.807) is 12.1 Å². The number of esters is 1. The number of rotatable bonds is 8. The van der Waals surface area contributed by atoms with Crippen molar-refractivity contribution >= 4 is 23.8 Å². The molecule has 0 bridgehead atoms. The second-order valence-electron chi connectivity index (χ2n) is 15.5. The number of ether oxygens (including phenoxy) is 4. The standard InChI is InChI=1S/C44H49FN2O6/c1-27(2)40-37(23-21-33-25-34(52-44(6,7)51-33)26-38(48)53-43(3,4)5)39(28-16-18-30(45)19-17-28)36-15-11-12-29-24-31(20-22-35(29)41(36)47-40)46-42(49)50-32-13-9-8-10-14-32/h8-10,13-14,16-24,27,33-34H,11-12,15,25-26H2,1-7H3,(H,46,49)/t33-,34-/m1/s1. The molecule has 2 heterocycles. The summed E-state index contributed by atoms with van der Waals surface area (Å²) in [6.45, 7) is 13.5. The van der Waals surface area contributed by atoms with E-state index in [1.807, 2.05) is 89.2 Å². The summed E-state index contributed by atoms with van der Waals surface area (Å²) in [4.78, 5) is 30.8. The Hall–Kier alpha value is -4.86. The predicted octanol–water partition coefficient (Wildman–Crippen LogP) is 10.4. The lowest BCUT2D eigenvalue weighted by molar-refractivity contribution is -0.290. The van der Waals surface area contributed by atoms with E-state index in [0.29, 0.717) is 17.9 Å². The largest absolute Gasteiger partial charge is 0.460 e. The SMILES string of the molecule is CC(C)c1nc2c(c(-c3ccc(F)cc3)c1C=C[C@@H]1C[C@H](CC(=O)OC(C)(C)C)OC(C)(C)O1)CCCc1cc(NC(=O)Oc3ccccc3)ccc1-2. The van der Waals surface area contributed by atoms with Crippen molar-refractivity contribution in [1.82, 2.24) is 4.98 Å². The van der Waals surface area contributed by atoms with E-state index >= 15 is 0 Å². The molecule has 8 nitrogen and oxygen atoms in total. The summed E-state index contributed by atoms with van der Waals surface area (Å²) >= 11 is 0. The molecular weight excluding hydrogens is 671 g/mol. The highest BCUT2D eigenvalue weighted by atomic mass is 19.1. The van der Waals surface area contributed by atoms with Gasteiger partial charge < -0.3 is 18.9 Å². The fraction of sp³-hybridized carbons (Fsp3) is 0.386. The molecular formula is C44H49FN2O6. The molecule has 0 spiro atoms. The van der Waals surface area contributed by atoms with Crippen LogP contribution in [-0.4, -0.2) is 40.6 Å². The number of carbonyl (C=O) groups is 2. The topological polar surface area (TPSA) is 96.0 Å². The molecule has 1 N–H and O–H groups in total. The molecule has 9 heteroatoms. The van der Waals surface area contributed by atoms with Crippen molar-refractivity contribution in [3.05, 3.63) is 107 Å². The molecule has 1 fully saturated rings. The summed E-state index contributed by atoms with van der Waals surface area (Å²) in [6, 6.07) is 21.5. The number of anilines is 1. The third-order valence-electron chi connectivity index (χ3n) is 9.15. The highest BCUT2D eigenvalue weighted by Crippen LogP contribution is 2.43. The second-order valence-corrected chi connectivity index (χ2v) is 15.5. The van der Waals surface area contributed by atoms with Gasteiger partial charge in [0.1, 0.15) is 17.2 Å². The van der Waals surface area contributed by atoms with Crippen LogP contribution >= 0.6 is 0 Å². The van der Waals surface area contributed by atoms with Crippen LogP contribution in [0.4, 0.5) is 14.9 Å². The fourth-order valence-electron chi connectivity index (χ4n) is 7.15. The van der Waals surface area contributed by atoms with Crippen LogP contribution in [-0.2, 0) is 31.8 Å². The Morgan fingerprint density at radius 3 is 2.45 bits per heavy atom. The summed E-state index contributed by atoms with van der Waals surface area (Å²) in [7, 11) is 0. The molecule has 0 radical (unpaired) electrons. The van der Waals surface area contributed by atoms with Gasteiger partial charge in [-0.2, -0.15) is 0 Å². The maximum absolute atomic E-state index is 14.3. The number of nitrogens with one attached hydrogen (secondary N) is 1. The number of fused-ring (bicyclic) bond motifs is 3. The minimum absolute atomic E-state index is 0.0477. The Kier molecular flexibility index (Phi) is 11.2. The number of amides is 1. The Morgan fingerprint density at radius 1 is 1.02 bits per heavy atom. The van der Waals surface area contributed by atoms with Crippen molar-refractivity contribution in [2.45, 2.75) is 110 Å². The zero-order valence-corrected chi connectivity index (χ0v) is 31.6. The minimum atomic E-state index is -0.914. The summed E-state index contributed by atoms with van der Waals surface area (Å²) in [5, 5.41) is 2.87. The van der Waals surface area contributed by atoms with Gasteiger partial charge in [0.05, 0.1) is 30.0 Å². The minimum Gasteiger partial charge on any atom is -0.460 e. The molecule has 1 saturated heterocycles. The Labute approximate surface area is 311 Å². The summed E-state index contributed by atoms with van der Waals surface area (Å²) in [6.07, 6.45) is 5.80. The van der Waals surface area contributed by atoms with E-state index < -0.39 is 17.5 Å². The molecule has 0 unspecified atom stereocenters. The van der Waals surface area contributed by atoms with Gasteiger partial charge in [-0.3, -0.25) is 15.1 Å². The van der Waals surface area contributed by atoms with Crippen molar-refractivity contribution in [2.75, 3.05) is 5.32 Å². The number of pyridine rings is 1. The van der Waals surface area contributed by atoms with Crippen molar-refractivity contribution in [1.29, 1.82) is 0 Å². The number of aromatic nitrogens is 1. The van der Waals surface area contributed by atoms with Crippen LogP contribution < -0.4 is 10.1 Å². The van der Waals surface area contributed by atoms with Crippen molar-refractivity contribution < 1.29 is 32.9 Å². The van der Waals surface area contributed by atoms with E-state index in [2.05, 4.69) is 25.2 Å². The average molecular weight is 721 g/mol. The van der Waals surface area contributed by atoms with Crippen LogP contribution in [0.3, 0.4) is 0 Å². The van der Waals surface area contributed by atoms with Gasteiger partial charge in [-0.15, -0.1) is 0 Å². The van der Waals surface area contributed by atoms with Crippen LogP contribution in [0, 0.1) is 5.82 Å². The van der Waals surface area contributed by atoms with E-state index in [1.165, 1.54) is 12.1 Å². The monoisotopic (exact) mass is 720 g/mol. The Balaban J connectivity index is 1.38. The van der Waals surface area contributed by atoms with Gasteiger partial charge in [0.2, 0.25) is 0 Å². The zero-order valence-electron chi connectivity index (χ0n) is 31.6. The first-order chi connectivity index (χ1) is 25.1. The maximum Gasteiger partial charge on any atom is 0.417 e. The molecule has 1 aliphatic carbocycles. The highest BCUT2D eigenvalue weighted by Gasteiger charge is 2.36. The number of benzene rings is 3. The first-order valence-electron chi connectivity index (χ1n) is 18.4. The molecule has 4 aromatic rings. The van der Waals surface area contributed by atoms with E-state index in [-0.39, 0.29) is 36.3 Å². The smallest absolute Gasteiger partial charge is 0.417 e. The highest BCUT2D eigenvalue weighted by molar-refractivity contribution is 5.89. The van der Waals surface area contributed by atoms with Gasteiger partial charge in [-0.1, -0.05) is 62.4 Å². The van der Waals surface area contributed by atoms with E-state index in [0.717, 1.165) is 64.0 Å². The molecule has 2 aliphatic rings. The van der Waals surface area contributed by atoms with Crippen LogP contribution in [0.15, 0.2) is 78.9 Å². The molecule has 0 saturated carbocycles. The second kappa shape index (κ2) is 15.6. The van der Waals surface area contributed by atoms with Gasteiger partial charge in [0, 0.05) is 23.2 Å². The molecule has 53 heavy (non-hydrogen) atoms. The van der Waals surface area contributed by atoms with Gasteiger partial charge in [0.25, 0.3) is 0 Å². The first kappa shape index (κ1) is 37.9. The van der Waals surface area contributed by atoms with Crippen LogP contribution in [0.1, 0.15) is 96.0 Å². The fourth-order valence-corrected chi connectivity index (χ4v) is 7.15. The number of hydrogen-bond acceptors (Lipinski definition) is 7. The van der Waals surface area contributed by atoms with Gasteiger partial charge in [0.15, 0.2) is 5.79 Å². The molecule has 278 valence electrons. The van der Waals surface area contributed by atoms with Gasteiger partial charge in [-0.05, 0) is 118 Å². The normalized spacial score (nSPS) is 18.2. The molecule has 1 amide bonds. The van der Waals surface area contributed by atoms with Gasteiger partial charge in [-0.25, -0.2) is 9.18 Å². The zero-order chi connectivity index (χ0) is 37.9. The molecule has 2 atom stereocenters. The number of carbonyl (C=O) groups excluding carboxylic acids is 2. The molecule has 3 aromatic carbocycles. The van der Waals surface area contributed by atoms with Crippen LogP contribution in [0.25, 0.3) is 28.5 Å². The summed E-state index contributed by atoms with van der Waals surface area (Å²) in [5.41, 5.74) is 7.85.